The molecule has 0 aliphatic carbocycles. The Hall–Kier alpha value is -3.47. The van der Waals surface area contributed by atoms with Crippen LogP contribution in [-0.4, -0.2) is 29.4 Å². The van der Waals surface area contributed by atoms with Crippen molar-refractivity contribution >= 4 is 50.8 Å². The van der Waals surface area contributed by atoms with Crippen LogP contribution < -0.4 is 10.0 Å². The lowest BCUT2D eigenvalue weighted by atomic mass is 10.1. The topological polar surface area (TPSA) is 127 Å². The largest absolute Gasteiger partial charge is 0.360 e. The van der Waals surface area contributed by atoms with Gasteiger partial charge in [-0.1, -0.05) is 34.4 Å². The van der Waals surface area contributed by atoms with E-state index in [2.05, 4.69) is 25.2 Å². The minimum atomic E-state index is -3.92. The zero-order valence-electron chi connectivity index (χ0n) is 17.8. The molecule has 12 heteroatoms. The Kier molecular flexibility index (Phi) is 6.56. The third-order valence-corrected chi connectivity index (χ3v) is 6.71. The van der Waals surface area contributed by atoms with Crippen LogP contribution in [0.3, 0.4) is 0 Å². The van der Waals surface area contributed by atoms with E-state index >= 15 is 0 Å². The molecule has 174 valence electrons. The van der Waals surface area contributed by atoms with Crippen molar-refractivity contribution in [2.75, 3.05) is 10.0 Å². The van der Waals surface area contributed by atoms with E-state index in [1.54, 1.807) is 38.1 Å². The summed E-state index contributed by atoms with van der Waals surface area (Å²) in [4.78, 5) is 20.9. The highest BCUT2D eigenvalue weighted by Crippen LogP contribution is 2.37. The molecule has 0 aliphatic heterocycles. The lowest BCUT2D eigenvalue weighted by molar-refractivity contribution is 0.102. The lowest BCUT2D eigenvalue weighted by Gasteiger charge is -2.10. The first-order chi connectivity index (χ1) is 16.2. The summed E-state index contributed by atoms with van der Waals surface area (Å²) in [6, 6.07) is 12.2. The number of nitrogens with zero attached hydrogens (tertiary/aromatic N) is 3. The van der Waals surface area contributed by atoms with Gasteiger partial charge >= 0.3 is 0 Å². The number of carbonyl (C=O) groups excluding carboxylic acids is 1. The van der Waals surface area contributed by atoms with Crippen molar-refractivity contribution in [2.24, 2.45) is 0 Å². The Morgan fingerprint density at radius 3 is 2.32 bits per heavy atom. The van der Waals surface area contributed by atoms with Crippen LogP contribution in [0.15, 0.2) is 64.1 Å². The molecule has 34 heavy (non-hydrogen) atoms. The Bertz CT molecular complexity index is 1470. The van der Waals surface area contributed by atoms with Gasteiger partial charge in [0.05, 0.1) is 14.9 Å². The summed E-state index contributed by atoms with van der Waals surface area (Å²) in [5.41, 5.74) is 1.70. The second-order valence-corrected chi connectivity index (χ2v) is 9.66. The molecule has 0 bridgehead atoms. The van der Waals surface area contributed by atoms with Gasteiger partial charge in [0.1, 0.15) is 17.0 Å². The molecule has 0 saturated heterocycles. The van der Waals surface area contributed by atoms with E-state index in [0.29, 0.717) is 27.0 Å². The molecule has 0 aliphatic rings. The standard InChI is InChI=1S/C22H17Cl2N5O4S/c1-12-10-11-25-22(26-12)29-34(31,32)15-8-6-14(7-9-15)27-21(30)18-13(2)33-28-20(18)19-16(23)4-3-5-17(19)24/h3-11H,1-2H3,(H,27,30)(H,25,26,29). The predicted octanol–water partition coefficient (Wildman–Crippen LogP) is 5.11. The molecule has 0 saturated carbocycles. The van der Waals surface area contributed by atoms with Crippen molar-refractivity contribution in [1.29, 1.82) is 0 Å². The highest BCUT2D eigenvalue weighted by molar-refractivity contribution is 7.92. The van der Waals surface area contributed by atoms with E-state index in [0.717, 1.165) is 0 Å². The molecule has 1 amide bonds. The van der Waals surface area contributed by atoms with Crippen molar-refractivity contribution in [3.05, 3.63) is 81.8 Å². The number of aryl methyl sites for hydroxylation is 2. The van der Waals surface area contributed by atoms with Crippen LogP contribution in [0.2, 0.25) is 10.0 Å². The molecule has 0 fully saturated rings. The summed E-state index contributed by atoms with van der Waals surface area (Å²) < 4.78 is 32.8. The minimum Gasteiger partial charge on any atom is -0.360 e. The maximum absolute atomic E-state index is 13.0. The van der Waals surface area contributed by atoms with Crippen molar-refractivity contribution in [3.63, 3.8) is 0 Å². The molecule has 0 unspecified atom stereocenters. The van der Waals surface area contributed by atoms with Gasteiger partial charge < -0.3 is 9.84 Å². The third-order valence-electron chi connectivity index (χ3n) is 4.73. The Morgan fingerprint density at radius 2 is 1.68 bits per heavy atom. The van der Waals surface area contributed by atoms with Crippen LogP contribution in [0, 0.1) is 13.8 Å². The summed E-state index contributed by atoms with van der Waals surface area (Å²) in [6.07, 6.45) is 1.45. The maximum atomic E-state index is 13.0. The zero-order valence-corrected chi connectivity index (χ0v) is 20.2. The number of hydrogen-bond donors (Lipinski definition) is 2. The third kappa shape index (κ3) is 4.89. The van der Waals surface area contributed by atoms with Crippen molar-refractivity contribution < 1.29 is 17.7 Å². The van der Waals surface area contributed by atoms with Crippen LogP contribution in [0.1, 0.15) is 21.8 Å². The molecule has 4 rings (SSSR count). The number of nitrogens with one attached hydrogen (secondary N) is 2. The van der Waals surface area contributed by atoms with Gasteiger partial charge in [-0.05, 0) is 56.3 Å². The molecule has 9 nitrogen and oxygen atoms in total. The second-order valence-electron chi connectivity index (χ2n) is 7.16. The monoisotopic (exact) mass is 517 g/mol. The number of rotatable bonds is 6. The normalized spacial score (nSPS) is 11.3. The summed E-state index contributed by atoms with van der Waals surface area (Å²) in [6.45, 7) is 3.31. The van der Waals surface area contributed by atoms with E-state index in [1.807, 2.05) is 0 Å². The van der Waals surface area contributed by atoms with Crippen molar-refractivity contribution in [3.8, 4) is 11.3 Å². The number of hydrogen-bond acceptors (Lipinski definition) is 7. The van der Waals surface area contributed by atoms with Gasteiger partial charge in [-0.25, -0.2) is 23.1 Å². The van der Waals surface area contributed by atoms with Gasteiger partial charge in [-0.15, -0.1) is 0 Å². The number of sulfonamides is 1. The van der Waals surface area contributed by atoms with Crippen LogP contribution >= 0.6 is 23.2 Å². The van der Waals surface area contributed by atoms with Crippen LogP contribution in [-0.2, 0) is 10.0 Å². The molecule has 4 aromatic rings. The summed E-state index contributed by atoms with van der Waals surface area (Å²) in [5.74, 6) is -0.289. The number of anilines is 2. The first kappa shape index (κ1) is 23.7. The van der Waals surface area contributed by atoms with Crippen molar-refractivity contribution in [1.82, 2.24) is 15.1 Å². The van der Waals surface area contributed by atoms with Crippen molar-refractivity contribution in [2.45, 2.75) is 18.7 Å². The van der Waals surface area contributed by atoms with Crippen LogP contribution in [0.5, 0.6) is 0 Å². The fourth-order valence-electron chi connectivity index (χ4n) is 3.12. The number of amides is 1. The predicted molar refractivity (Wildman–Crippen MR) is 129 cm³/mol. The highest BCUT2D eigenvalue weighted by atomic mass is 35.5. The van der Waals surface area contributed by atoms with Crippen LogP contribution in [0.4, 0.5) is 11.6 Å². The summed E-state index contributed by atoms with van der Waals surface area (Å²) >= 11 is 12.5. The molecule has 0 atom stereocenters. The first-order valence-electron chi connectivity index (χ1n) is 9.80. The molecule has 0 radical (unpaired) electrons. The fraction of sp³-hybridized carbons (Fsp3) is 0.0909. The first-order valence-corrected chi connectivity index (χ1v) is 12.0. The van der Waals surface area contributed by atoms with E-state index in [9.17, 15) is 13.2 Å². The van der Waals surface area contributed by atoms with E-state index < -0.39 is 15.9 Å². The molecule has 2 N–H and O–H groups in total. The highest BCUT2D eigenvalue weighted by Gasteiger charge is 2.25. The fourth-order valence-corrected chi connectivity index (χ4v) is 4.65. The van der Waals surface area contributed by atoms with Gasteiger partial charge in [0.15, 0.2) is 0 Å². The Balaban J connectivity index is 1.56. The lowest BCUT2D eigenvalue weighted by Crippen LogP contribution is -2.16. The van der Waals surface area contributed by atoms with Gasteiger partial charge in [-0.2, -0.15) is 0 Å². The van der Waals surface area contributed by atoms with Gasteiger partial charge in [-0.3, -0.25) is 4.79 Å². The average molecular weight is 518 g/mol. The molecule has 2 aromatic heterocycles. The van der Waals surface area contributed by atoms with Gasteiger partial charge in [0.25, 0.3) is 15.9 Å². The van der Waals surface area contributed by atoms with Gasteiger partial charge in [0, 0.05) is 23.1 Å². The molecular weight excluding hydrogens is 501 g/mol. The molecule has 2 heterocycles. The molecule has 2 aromatic carbocycles. The number of halogens is 2. The SMILES string of the molecule is Cc1ccnc(NS(=O)(=O)c2ccc(NC(=O)c3c(-c4c(Cl)cccc4Cl)noc3C)cc2)n1. The average Bonchev–Trinajstić information content (AvgIpc) is 3.15. The molecule has 0 spiro atoms. The summed E-state index contributed by atoms with van der Waals surface area (Å²) in [7, 11) is -3.92. The number of benzene rings is 2. The maximum Gasteiger partial charge on any atom is 0.264 e. The number of aromatic nitrogens is 3. The smallest absolute Gasteiger partial charge is 0.264 e. The summed E-state index contributed by atoms with van der Waals surface area (Å²) in [5, 5.41) is 7.29. The second kappa shape index (κ2) is 9.41. The molecular formula is C22H17Cl2N5O4S. The van der Waals surface area contributed by atoms with E-state index in [4.69, 9.17) is 27.7 Å². The quantitative estimate of drug-likeness (QED) is 0.363. The van der Waals surface area contributed by atoms with E-state index in [-0.39, 0.29) is 27.9 Å². The van der Waals surface area contributed by atoms with Gasteiger partial charge in [0.2, 0.25) is 5.95 Å². The van der Waals surface area contributed by atoms with E-state index in [1.165, 1.54) is 30.5 Å². The van der Waals surface area contributed by atoms with Crippen LogP contribution in [0.25, 0.3) is 11.3 Å². The number of carbonyl (C=O) groups is 1. The minimum absolute atomic E-state index is 0.0275. The Morgan fingerprint density at radius 1 is 1.00 bits per heavy atom. The Labute approximate surface area is 205 Å². The zero-order chi connectivity index (χ0) is 24.5.